The van der Waals surface area contributed by atoms with E-state index in [1.807, 2.05) is 12.4 Å². The maximum absolute atomic E-state index is 4.50. The summed E-state index contributed by atoms with van der Waals surface area (Å²) < 4.78 is 0. The van der Waals surface area contributed by atoms with E-state index in [0.29, 0.717) is 0 Å². The minimum absolute atomic E-state index is 0.808. The fourth-order valence-corrected chi connectivity index (χ4v) is 3.31. The molecule has 0 saturated carbocycles. The summed E-state index contributed by atoms with van der Waals surface area (Å²) in [6.45, 7) is 3.92. The zero-order valence-electron chi connectivity index (χ0n) is 13.8. The molecule has 124 valence electrons. The van der Waals surface area contributed by atoms with E-state index in [2.05, 4.69) is 55.6 Å². The zero-order chi connectivity index (χ0) is 16.2. The van der Waals surface area contributed by atoms with Crippen molar-refractivity contribution in [2.75, 3.05) is 24.5 Å². The van der Waals surface area contributed by atoms with Gasteiger partial charge in [-0.25, -0.2) is 9.97 Å². The number of para-hydroxylation sites is 1. The molecule has 3 aromatic rings. The average Bonchev–Trinajstić information content (AvgIpc) is 3.30. The van der Waals surface area contributed by atoms with Crippen molar-refractivity contribution in [3.05, 3.63) is 54.0 Å². The van der Waals surface area contributed by atoms with Gasteiger partial charge < -0.3 is 15.2 Å². The molecule has 1 aliphatic heterocycles. The van der Waals surface area contributed by atoms with E-state index in [1.54, 1.807) is 0 Å². The molecule has 3 heterocycles. The number of hydrogen-bond acceptors (Lipinski definition) is 4. The number of H-pyrrole nitrogens is 1. The monoisotopic (exact) mass is 321 g/mol. The van der Waals surface area contributed by atoms with Crippen LogP contribution in [0.25, 0.3) is 10.9 Å². The number of benzene rings is 1. The number of aromatic amines is 1. The van der Waals surface area contributed by atoms with E-state index in [-0.39, 0.29) is 0 Å². The third-order valence-corrected chi connectivity index (χ3v) is 4.66. The summed E-state index contributed by atoms with van der Waals surface area (Å²) in [5.41, 5.74) is 3.70. The lowest BCUT2D eigenvalue weighted by molar-refractivity contribution is 0.683. The quantitative estimate of drug-likeness (QED) is 0.686. The van der Waals surface area contributed by atoms with Crippen LogP contribution in [0.5, 0.6) is 0 Å². The van der Waals surface area contributed by atoms with Gasteiger partial charge in [-0.05, 0) is 37.4 Å². The van der Waals surface area contributed by atoms with Crippen molar-refractivity contribution >= 4 is 16.9 Å². The van der Waals surface area contributed by atoms with E-state index >= 15 is 0 Å². The number of hydrogen-bond donors (Lipinski definition) is 2. The Hall–Kier alpha value is -2.40. The second kappa shape index (κ2) is 7.01. The van der Waals surface area contributed by atoms with Crippen molar-refractivity contribution in [2.24, 2.45) is 0 Å². The molecule has 0 spiro atoms. The van der Waals surface area contributed by atoms with Gasteiger partial charge in [0.15, 0.2) is 0 Å². The highest BCUT2D eigenvalue weighted by Crippen LogP contribution is 2.18. The van der Waals surface area contributed by atoms with Gasteiger partial charge in [0.05, 0.1) is 0 Å². The Bertz CT molecular complexity index is 787. The van der Waals surface area contributed by atoms with E-state index in [1.165, 1.54) is 29.3 Å². The van der Waals surface area contributed by atoms with Crippen LogP contribution in [0.2, 0.25) is 0 Å². The maximum atomic E-state index is 4.50. The molecule has 0 amide bonds. The summed E-state index contributed by atoms with van der Waals surface area (Å²) in [5, 5.41) is 4.80. The van der Waals surface area contributed by atoms with Crippen LogP contribution in [0.15, 0.2) is 42.9 Å². The summed E-state index contributed by atoms with van der Waals surface area (Å²) >= 11 is 0. The standard InChI is InChI=1S/C19H23N5/c1-2-6-18-17(5-1)16(14-21-18)7-8-20-11-15-12-22-19(23-13-15)24-9-3-4-10-24/h1-2,5-6,12-14,20-21H,3-4,7-11H2. The lowest BCUT2D eigenvalue weighted by Crippen LogP contribution is -2.21. The first-order chi connectivity index (χ1) is 11.9. The predicted molar refractivity (Wildman–Crippen MR) is 97.2 cm³/mol. The van der Waals surface area contributed by atoms with Gasteiger partial charge in [-0.2, -0.15) is 0 Å². The third kappa shape index (κ3) is 3.26. The van der Waals surface area contributed by atoms with Gasteiger partial charge in [0.2, 0.25) is 5.95 Å². The Morgan fingerprint density at radius 3 is 2.71 bits per heavy atom. The first-order valence-corrected chi connectivity index (χ1v) is 8.72. The Morgan fingerprint density at radius 1 is 1.08 bits per heavy atom. The molecule has 2 aromatic heterocycles. The SMILES string of the molecule is c1ccc2c(CCNCc3cnc(N4CCCC4)nc3)c[nH]c2c1. The minimum atomic E-state index is 0.808. The molecule has 2 N–H and O–H groups in total. The molecule has 4 rings (SSSR count). The van der Waals surface area contributed by atoms with Crippen molar-refractivity contribution in [1.29, 1.82) is 0 Å². The molecule has 1 saturated heterocycles. The summed E-state index contributed by atoms with van der Waals surface area (Å²) in [7, 11) is 0. The molecule has 5 heteroatoms. The van der Waals surface area contributed by atoms with Crippen LogP contribution in [0.4, 0.5) is 5.95 Å². The van der Waals surface area contributed by atoms with Crippen LogP contribution in [-0.4, -0.2) is 34.6 Å². The van der Waals surface area contributed by atoms with Crippen molar-refractivity contribution in [3.63, 3.8) is 0 Å². The lowest BCUT2D eigenvalue weighted by atomic mass is 10.1. The second-order valence-electron chi connectivity index (χ2n) is 6.37. The molecule has 1 fully saturated rings. The second-order valence-corrected chi connectivity index (χ2v) is 6.37. The molecule has 0 radical (unpaired) electrons. The normalized spacial score (nSPS) is 14.6. The van der Waals surface area contributed by atoms with Crippen LogP contribution in [0.1, 0.15) is 24.0 Å². The summed E-state index contributed by atoms with van der Waals surface area (Å²) in [6, 6.07) is 8.44. The molecule has 0 unspecified atom stereocenters. The Labute approximate surface area is 142 Å². The van der Waals surface area contributed by atoms with Crippen molar-refractivity contribution in [2.45, 2.75) is 25.8 Å². The Balaban J connectivity index is 1.28. The Morgan fingerprint density at radius 2 is 1.88 bits per heavy atom. The summed E-state index contributed by atoms with van der Waals surface area (Å²) in [4.78, 5) is 14.6. The number of nitrogens with zero attached hydrogens (tertiary/aromatic N) is 3. The fraction of sp³-hybridized carbons (Fsp3) is 0.368. The van der Waals surface area contributed by atoms with Crippen molar-refractivity contribution in [3.8, 4) is 0 Å². The van der Waals surface area contributed by atoms with Crippen LogP contribution in [-0.2, 0) is 13.0 Å². The van der Waals surface area contributed by atoms with Gasteiger partial charge in [-0.15, -0.1) is 0 Å². The van der Waals surface area contributed by atoms with E-state index < -0.39 is 0 Å². The fourth-order valence-electron chi connectivity index (χ4n) is 3.31. The average molecular weight is 321 g/mol. The first kappa shape index (κ1) is 15.1. The van der Waals surface area contributed by atoms with E-state index in [4.69, 9.17) is 0 Å². The molecule has 1 aromatic carbocycles. The van der Waals surface area contributed by atoms with Gasteiger partial charge in [0, 0.05) is 54.7 Å². The molecule has 0 bridgehead atoms. The molecular formula is C19H23N5. The number of aromatic nitrogens is 3. The van der Waals surface area contributed by atoms with Gasteiger partial charge in [0.25, 0.3) is 0 Å². The van der Waals surface area contributed by atoms with Gasteiger partial charge in [-0.1, -0.05) is 18.2 Å². The topological polar surface area (TPSA) is 56.8 Å². The number of nitrogens with one attached hydrogen (secondary N) is 2. The molecule has 5 nitrogen and oxygen atoms in total. The highest BCUT2D eigenvalue weighted by atomic mass is 15.3. The zero-order valence-corrected chi connectivity index (χ0v) is 13.8. The van der Waals surface area contributed by atoms with Crippen LogP contribution in [0.3, 0.4) is 0 Å². The molecule has 0 atom stereocenters. The van der Waals surface area contributed by atoms with Crippen LogP contribution >= 0.6 is 0 Å². The third-order valence-electron chi connectivity index (χ3n) is 4.66. The highest BCUT2D eigenvalue weighted by Gasteiger charge is 2.14. The van der Waals surface area contributed by atoms with Gasteiger partial charge >= 0.3 is 0 Å². The smallest absolute Gasteiger partial charge is 0.225 e. The van der Waals surface area contributed by atoms with Crippen molar-refractivity contribution in [1.82, 2.24) is 20.3 Å². The van der Waals surface area contributed by atoms with E-state index in [0.717, 1.165) is 44.1 Å². The number of rotatable bonds is 6. The number of anilines is 1. The molecule has 24 heavy (non-hydrogen) atoms. The predicted octanol–water partition coefficient (Wildman–Crippen LogP) is 2.89. The Kier molecular flexibility index (Phi) is 4.42. The van der Waals surface area contributed by atoms with E-state index in [9.17, 15) is 0 Å². The van der Waals surface area contributed by atoms with Gasteiger partial charge in [0.1, 0.15) is 0 Å². The van der Waals surface area contributed by atoms with Crippen LogP contribution < -0.4 is 10.2 Å². The summed E-state index contributed by atoms with van der Waals surface area (Å²) in [6.07, 6.45) is 9.51. The first-order valence-electron chi connectivity index (χ1n) is 8.72. The lowest BCUT2D eigenvalue weighted by Gasteiger charge is -2.14. The summed E-state index contributed by atoms with van der Waals surface area (Å²) in [5.74, 6) is 0.870. The van der Waals surface area contributed by atoms with Gasteiger partial charge in [-0.3, -0.25) is 0 Å². The minimum Gasteiger partial charge on any atom is -0.361 e. The van der Waals surface area contributed by atoms with Crippen LogP contribution in [0, 0.1) is 0 Å². The van der Waals surface area contributed by atoms with Crippen molar-refractivity contribution < 1.29 is 0 Å². The number of fused-ring (bicyclic) bond motifs is 1. The molecule has 1 aliphatic rings. The maximum Gasteiger partial charge on any atom is 0.225 e. The molecular weight excluding hydrogens is 298 g/mol. The molecule has 0 aliphatic carbocycles. The highest BCUT2D eigenvalue weighted by molar-refractivity contribution is 5.83. The largest absolute Gasteiger partial charge is 0.361 e.